The minimum atomic E-state index is -0.945. The first kappa shape index (κ1) is 20.4. The number of carbonyl (C=O) groups is 3. The van der Waals surface area contributed by atoms with Crippen LogP contribution in [0.25, 0.3) is 0 Å². The lowest BCUT2D eigenvalue weighted by atomic mass is 10.0. The van der Waals surface area contributed by atoms with E-state index in [-0.39, 0.29) is 36.2 Å². The lowest BCUT2D eigenvalue weighted by Gasteiger charge is -2.30. The largest absolute Gasteiger partial charge is 0.481 e. The van der Waals surface area contributed by atoms with Gasteiger partial charge in [-0.25, -0.2) is 0 Å². The van der Waals surface area contributed by atoms with Crippen LogP contribution in [0.5, 0.6) is 0 Å². The van der Waals surface area contributed by atoms with Crippen molar-refractivity contribution in [1.29, 1.82) is 0 Å². The van der Waals surface area contributed by atoms with Crippen molar-refractivity contribution in [2.45, 2.75) is 65.1 Å². The number of likely N-dealkylation sites (tertiary alicyclic amines) is 1. The van der Waals surface area contributed by atoms with E-state index >= 15 is 0 Å². The maximum Gasteiger partial charge on any atom is 0.305 e. The standard InChI is InChI=1S/C17H30N2O5/c1-10(2)6-14(20)18-16(11(3)4)17(23)19-9-13(24-5)7-12(19)8-15(21)22/h10-13,16H,6-9H2,1-5H3,(H,18,20)(H,21,22). The highest BCUT2D eigenvalue weighted by atomic mass is 16.5. The first-order valence-corrected chi connectivity index (χ1v) is 8.50. The summed E-state index contributed by atoms with van der Waals surface area (Å²) in [5.74, 6) is -1.21. The molecule has 1 saturated heterocycles. The molecule has 2 amide bonds. The normalized spacial score (nSPS) is 22.0. The first-order valence-electron chi connectivity index (χ1n) is 8.50. The molecule has 138 valence electrons. The highest BCUT2D eigenvalue weighted by Crippen LogP contribution is 2.24. The van der Waals surface area contributed by atoms with Gasteiger partial charge in [0.25, 0.3) is 0 Å². The monoisotopic (exact) mass is 342 g/mol. The Morgan fingerprint density at radius 2 is 1.88 bits per heavy atom. The van der Waals surface area contributed by atoms with Crippen LogP contribution in [-0.2, 0) is 19.1 Å². The highest BCUT2D eigenvalue weighted by Gasteiger charge is 2.40. The summed E-state index contributed by atoms with van der Waals surface area (Å²) in [6.45, 7) is 7.98. The summed E-state index contributed by atoms with van der Waals surface area (Å²) in [4.78, 5) is 37.6. The fourth-order valence-corrected chi connectivity index (χ4v) is 3.00. The molecule has 0 saturated carbocycles. The zero-order valence-corrected chi connectivity index (χ0v) is 15.2. The molecule has 0 radical (unpaired) electrons. The molecule has 0 bridgehead atoms. The van der Waals surface area contributed by atoms with Gasteiger partial charge in [0.1, 0.15) is 6.04 Å². The lowest BCUT2D eigenvalue weighted by Crippen LogP contribution is -2.53. The number of aliphatic carboxylic acids is 1. The van der Waals surface area contributed by atoms with Crippen molar-refractivity contribution in [2.75, 3.05) is 13.7 Å². The van der Waals surface area contributed by atoms with Gasteiger partial charge in [-0.3, -0.25) is 14.4 Å². The van der Waals surface area contributed by atoms with Crippen LogP contribution in [0.15, 0.2) is 0 Å². The summed E-state index contributed by atoms with van der Waals surface area (Å²) in [7, 11) is 1.56. The van der Waals surface area contributed by atoms with Gasteiger partial charge in [-0.15, -0.1) is 0 Å². The average molecular weight is 342 g/mol. The van der Waals surface area contributed by atoms with Crippen molar-refractivity contribution in [2.24, 2.45) is 11.8 Å². The number of nitrogens with zero attached hydrogens (tertiary/aromatic N) is 1. The molecular weight excluding hydrogens is 312 g/mol. The molecule has 0 spiro atoms. The molecule has 0 aromatic carbocycles. The topological polar surface area (TPSA) is 95.9 Å². The van der Waals surface area contributed by atoms with E-state index in [1.165, 1.54) is 0 Å². The van der Waals surface area contributed by atoms with Gasteiger partial charge in [0.15, 0.2) is 0 Å². The predicted octanol–water partition coefficient (Wildman–Crippen LogP) is 1.26. The fraction of sp³-hybridized carbons (Fsp3) is 0.824. The number of hydrogen-bond acceptors (Lipinski definition) is 4. The fourth-order valence-electron chi connectivity index (χ4n) is 3.00. The van der Waals surface area contributed by atoms with Crippen molar-refractivity contribution in [3.8, 4) is 0 Å². The Hall–Kier alpha value is -1.63. The smallest absolute Gasteiger partial charge is 0.305 e. The van der Waals surface area contributed by atoms with Crippen LogP contribution < -0.4 is 5.32 Å². The van der Waals surface area contributed by atoms with Gasteiger partial charge in [-0.2, -0.15) is 0 Å². The molecule has 0 aromatic rings. The summed E-state index contributed by atoms with van der Waals surface area (Å²) >= 11 is 0. The van der Waals surface area contributed by atoms with Gasteiger partial charge in [-0.1, -0.05) is 27.7 Å². The van der Waals surface area contributed by atoms with Crippen molar-refractivity contribution in [3.05, 3.63) is 0 Å². The maximum absolute atomic E-state index is 12.9. The molecule has 1 aliphatic heterocycles. The lowest BCUT2D eigenvalue weighted by molar-refractivity contribution is -0.142. The van der Waals surface area contributed by atoms with E-state index in [1.807, 2.05) is 27.7 Å². The SMILES string of the molecule is COC1CC(CC(=O)O)N(C(=O)C(NC(=O)CC(C)C)C(C)C)C1. The van der Waals surface area contributed by atoms with E-state index in [0.717, 1.165) is 0 Å². The zero-order chi connectivity index (χ0) is 18.4. The van der Waals surface area contributed by atoms with E-state index in [2.05, 4.69) is 5.32 Å². The molecular formula is C17H30N2O5. The summed E-state index contributed by atoms with van der Waals surface area (Å²) in [5.41, 5.74) is 0. The van der Waals surface area contributed by atoms with Crippen LogP contribution in [-0.4, -0.2) is 59.6 Å². The van der Waals surface area contributed by atoms with Crippen molar-refractivity contribution < 1.29 is 24.2 Å². The Morgan fingerprint density at radius 1 is 1.25 bits per heavy atom. The van der Waals surface area contributed by atoms with Crippen molar-refractivity contribution in [3.63, 3.8) is 0 Å². The van der Waals surface area contributed by atoms with Crippen LogP contribution in [0, 0.1) is 11.8 Å². The average Bonchev–Trinajstić information content (AvgIpc) is 2.85. The third kappa shape index (κ3) is 5.78. The van der Waals surface area contributed by atoms with E-state index in [1.54, 1.807) is 12.0 Å². The zero-order valence-electron chi connectivity index (χ0n) is 15.2. The van der Waals surface area contributed by atoms with Crippen LogP contribution in [0.1, 0.15) is 47.0 Å². The highest BCUT2D eigenvalue weighted by molar-refractivity contribution is 5.88. The van der Waals surface area contributed by atoms with Crippen LogP contribution in [0.4, 0.5) is 0 Å². The number of carboxylic acid groups (broad SMARTS) is 1. The molecule has 0 aromatic heterocycles. The Labute approximate surface area is 143 Å². The van der Waals surface area contributed by atoms with E-state index in [9.17, 15) is 14.4 Å². The molecule has 0 aliphatic carbocycles. The second-order valence-electron chi connectivity index (χ2n) is 7.22. The molecule has 3 atom stereocenters. The summed E-state index contributed by atoms with van der Waals surface area (Å²) in [6.07, 6.45) is 0.572. The predicted molar refractivity (Wildman–Crippen MR) is 89.4 cm³/mol. The number of nitrogens with one attached hydrogen (secondary N) is 1. The minimum Gasteiger partial charge on any atom is -0.481 e. The second-order valence-corrected chi connectivity index (χ2v) is 7.22. The summed E-state index contributed by atoms with van der Waals surface area (Å²) in [6, 6.07) is -1.05. The molecule has 1 heterocycles. The number of carbonyl (C=O) groups excluding carboxylic acids is 2. The van der Waals surface area contributed by atoms with E-state index < -0.39 is 18.1 Å². The first-order chi connectivity index (χ1) is 11.1. The van der Waals surface area contributed by atoms with Crippen molar-refractivity contribution in [1.82, 2.24) is 10.2 Å². The van der Waals surface area contributed by atoms with Crippen LogP contribution in [0.3, 0.4) is 0 Å². The summed E-state index contributed by atoms with van der Waals surface area (Å²) < 4.78 is 5.30. The molecule has 7 nitrogen and oxygen atoms in total. The summed E-state index contributed by atoms with van der Waals surface area (Å²) in [5, 5.41) is 11.9. The Kier molecular flexibility index (Phi) is 7.66. The number of amides is 2. The molecule has 7 heteroatoms. The van der Waals surface area contributed by atoms with Crippen molar-refractivity contribution >= 4 is 17.8 Å². The number of carboxylic acids is 1. The number of rotatable bonds is 8. The van der Waals surface area contributed by atoms with Gasteiger partial charge >= 0.3 is 5.97 Å². The van der Waals surface area contributed by atoms with Crippen LogP contribution in [0.2, 0.25) is 0 Å². The third-order valence-corrected chi connectivity index (χ3v) is 4.25. The molecule has 1 fully saturated rings. The van der Waals surface area contributed by atoms with Gasteiger partial charge in [0.05, 0.1) is 12.5 Å². The number of ether oxygens (including phenoxy) is 1. The van der Waals surface area contributed by atoms with E-state index in [4.69, 9.17) is 9.84 Å². The van der Waals surface area contributed by atoms with Crippen LogP contribution >= 0.6 is 0 Å². The molecule has 1 aliphatic rings. The molecule has 3 unspecified atom stereocenters. The second kappa shape index (κ2) is 9.01. The maximum atomic E-state index is 12.9. The van der Waals surface area contributed by atoms with Gasteiger partial charge in [0.2, 0.25) is 11.8 Å². The van der Waals surface area contributed by atoms with Gasteiger partial charge in [-0.05, 0) is 18.3 Å². The Balaban J connectivity index is 2.87. The van der Waals surface area contributed by atoms with Gasteiger partial charge in [0, 0.05) is 26.1 Å². The Morgan fingerprint density at radius 3 is 2.33 bits per heavy atom. The Bertz CT molecular complexity index is 464. The van der Waals surface area contributed by atoms with Gasteiger partial charge < -0.3 is 20.1 Å². The number of hydrogen-bond donors (Lipinski definition) is 2. The molecule has 2 N–H and O–H groups in total. The molecule has 1 rings (SSSR count). The third-order valence-electron chi connectivity index (χ3n) is 4.25. The quantitative estimate of drug-likeness (QED) is 0.692. The molecule has 24 heavy (non-hydrogen) atoms. The van der Waals surface area contributed by atoms with E-state index in [0.29, 0.717) is 19.4 Å². The minimum absolute atomic E-state index is 0.0827. The number of methoxy groups -OCH3 is 1.